The number of rotatable bonds is 5. The van der Waals surface area contributed by atoms with Crippen LogP contribution in [-0.2, 0) is 6.42 Å². The van der Waals surface area contributed by atoms with Gasteiger partial charge in [0, 0.05) is 30.3 Å². The zero-order valence-corrected chi connectivity index (χ0v) is 14.1. The summed E-state index contributed by atoms with van der Waals surface area (Å²) >= 11 is 5.91. The van der Waals surface area contributed by atoms with E-state index in [9.17, 15) is 9.90 Å². The minimum atomic E-state index is -0.831. The van der Waals surface area contributed by atoms with Crippen molar-refractivity contribution >= 4 is 23.4 Å². The van der Waals surface area contributed by atoms with Gasteiger partial charge in [0.25, 0.3) is 0 Å². The number of nitrogens with zero attached hydrogens (tertiary/aromatic N) is 1. The second-order valence-electron chi connectivity index (χ2n) is 6.29. The number of hydrogen-bond donors (Lipinski definition) is 2. The minimum absolute atomic E-state index is 0.289. The van der Waals surface area contributed by atoms with Gasteiger partial charge in [-0.15, -0.1) is 0 Å². The van der Waals surface area contributed by atoms with Crippen molar-refractivity contribution in [1.82, 2.24) is 4.90 Å². The Kier molecular flexibility index (Phi) is 5.26. The normalized spacial score (nSPS) is 20.1. The van der Waals surface area contributed by atoms with E-state index in [4.69, 9.17) is 11.6 Å². The third kappa shape index (κ3) is 4.20. The molecule has 2 aromatic carbocycles. The maximum Gasteiger partial charge on any atom is 0.407 e. The zero-order chi connectivity index (χ0) is 16.9. The van der Waals surface area contributed by atoms with Crippen LogP contribution in [0.2, 0.25) is 5.02 Å². The van der Waals surface area contributed by atoms with Crippen LogP contribution in [0.3, 0.4) is 0 Å². The fourth-order valence-corrected chi connectivity index (χ4v) is 3.42. The first-order valence-electron chi connectivity index (χ1n) is 8.13. The lowest BCUT2D eigenvalue weighted by molar-refractivity contribution is 0.153. The predicted molar refractivity (Wildman–Crippen MR) is 96.7 cm³/mol. The molecule has 0 bridgehead atoms. The van der Waals surface area contributed by atoms with Gasteiger partial charge >= 0.3 is 6.09 Å². The Morgan fingerprint density at radius 1 is 1.08 bits per heavy atom. The number of halogens is 1. The van der Waals surface area contributed by atoms with E-state index in [1.165, 1.54) is 10.5 Å². The summed E-state index contributed by atoms with van der Waals surface area (Å²) in [6.07, 6.45) is 0.0690. The van der Waals surface area contributed by atoms with Crippen LogP contribution in [0.15, 0.2) is 54.6 Å². The second kappa shape index (κ2) is 7.58. The Morgan fingerprint density at radius 2 is 1.75 bits per heavy atom. The fraction of sp³-hybridized carbons (Fsp3) is 0.316. The Morgan fingerprint density at radius 3 is 2.42 bits per heavy atom. The van der Waals surface area contributed by atoms with Gasteiger partial charge in [-0.1, -0.05) is 41.9 Å². The summed E-state index contributed by atoms with van der Waals surface area (Å²) in [5.74, 6) is 0.611. The van der Waals surface area contributed by atoms with E-state index in [0.717, 1.165) is 18.7 Å². The van der Waals surface area contributed by atoms with Gasteiger partial charge in [0.1, 0.15) is 0 Å². The van der Waals surface area contributed by atoms with Gasteiger partial charge in [-0.25, -0.2) is 4.79 Å². The smallest absolute Gasteiger partial charge is 0.407 e. The van der Waals surface area contributed by atoms with Crippen LogP contribution in [0.5, 0.6) is 0 Å². The van der Waals surface area contributed by atoms with Crippen molar-refractivity contribution < 1.29 is 9.90 Å². The molecule has 2 atom stereocenters. The van der Waals surface area contributed by atoms with E-state index in [1.54, 1.807) is 0 Å². The van der Waals surface area contributed by atoms with E-state index < -0.39 is 6.09 Å². The summed E-state index contributed by atoms with van der Waals surface area (Å²) in [4.78, 5) is 12.9. The Balaban J connectivity index is 1.65. The van der Waals surface area contributed by atoms with Gasteiger partial charge in [0.15, 0.2) is 0 Å². The molecule has 1 aliphatic rings. The monoisotopic (exact) mass is 344 g/mol. The average Bonchev–Trinajstić information content (AvgIpc) is 2.98. The molecule has 3 rings (SSSR count). The molecular weight excluding hydrogens is 324 g/mol. The highest BCUT2D eigenvalue weighted by Gasteiger charge is 2.34. The lowest BCUT2D eigenvalue weighted by Gasteiger charge is -2.19. The van der Waals surface area contributed by atoms with E-state index in [0.29, 0.717) is 24.0 Å². The summed E-state index contributed by atoms with van der Waals surface area (Å²) in [7, 11) is 0. The Bertz CT molecular complexity index is 676. The first-order valence-corrected chi connectivity index (χ1v) is 8.51. The molecule has 0 aromatic heterocycles. The summed E-state index contributed by atoms with van der Waals surface area (Å²) in [6, 6.07) is 17.9. The molecule has 24 heavy (non-hydrogen) atoms. The summed E-state index contributed by atoms with van der Waals surface area (Å²) < 4.78 is 0. The number of anilines is 1. The molecule has 4 nitrogen and oxygen atoms in total. The van der Waals surface area contributed by atoms with Crippen LogP contribution >= 0.6 is 11.6 Å². The van der Waals surface area contributed by atoms with Crippen LogP contribution in [0, 0.1) is 11.8 Å². The van der Waals surface area contributed by atoms with Gasteiger partial charge in [-0.05, 0) is 48.1 Å². The van der Waals surface area contributed by atoms with Crippen molar-refractivity contribution in [1.29, 1.82) is 0 Å². The highest BCUT2D eigenvalue weighted by atomic mass is 35.5. The molecule has 0 radical (unpaired) electrons. The largest absolute Gasteiger partial charge is 0.465 e. The molecule has 2 N–H and O–H groups in total. The number of amides is 1. The van der Waals surface area contributed by atoms with Crippen LogP contribution in [-0.4, -0.2) is 35.7 Å². The SMILES string of the molecule is O=C(O)N1C[C@H](CNc2ccc(Cl)cc2)[C@@H](Cc2ccccc2)C1. The third-order valence-corrected chi connectivity index (χ3v) is 4.85. The van der Waals surface area contributed by atoms with Crippen LogP contribution < -0.4 is 5.32 Å². The molecule has 1 heterocycles. The topological polar surface area (TPSA) is 52.6 Å². The van der Waals surface area contributed by atoms with Crippen LogP contribution in [0.4, 0.5) is 10.5 Å². The summed E-state index contributed by atoms with van der Waals surface area (Å²) in [6.45, 7) is 1.92. The number of carbonyl (C=O) groups is 1. The number of nitrogens with one attached hydrogen (secondary N) is 1. The maximum atomic E-state index is 11.3. The fourth-order valence-electron chi connectivity index (χ4n) is 3.29. The van der Waals surface area contributed by atoms with Crippen molar-refractivity contribution in [2.45, 2.75) is 6.42 Å². The molecule has 0 aliphatic carbocycles. The average molecular weight is 345 g/mol. The van der Waals surface area contributed by atoms with Gasteiger partial charge in [0.05, 0.1) is 0 Å². The third-order valence-electron chi connectivity index (χ3n) is 4.60. The molecule has 1 saturated heterocycles. The first-order chi connectivity index (χ1) is 11.6. The van der Waals surface area contributed by atoms with E-state index in [1.807, 2.05) is 42.5 Å². The highest BCUT2D eigenvalue weighted by molar-refractivity contribution is 6.30. The molecule has 126 valence electrons. The van der Waals surface area contributed by atoms with Crippen molar-refractivity contribution in [2.75, 3.05) is 25.0 Å². The van der Waals surface area contributed by atoms with Crippen molar-refractivity contribution in [3.8, 4) is 0 Å². The van der Waals surface area contributed by atoms with Crippen molar-refractivity contribution in [3.05, 3.63) is 65.2 Å². The standard InChI is InChI=1S/C19H21ClN2O2/c20-17-6-8-18(9-7-17)21-11-16-13-22(19(23)24)12-15(16)10-14-4-2-1-3-5-14/h1-9,15-16,21H,10-13H2,(H,23,24)/t15-,16-/m0/s1. The number of hydrogen-bond acceptors (Lipinski definition) is 2. The zero-order valence-electron chi connectivity index (χ0n) is 13.4. The number of benzene rings is 2. The Labute approximate surface area is 147 Å². The minimum Gasteiger partial charge on any atom is -0.465 e. The maximum absolute atomic E-state index is 11.3. The summed E-state index contributed by atoms with van der Waals surface area (Å²) in [5.41, 5.74) is 2.26. The van der Waals surface area contributed by atoms with E-state index in [-0.39, 0.29) is 5.92 Å². The highest BCUT2D eigenvalue weighted by Crippen LogP contribution is 2.27. The molecule has 2 aromatic rings. The van der Waals surface area contributed by atoms with Crippen LogP contribution in [0.25, 0.3) is 0 Å². The van der Waals surface area contributed by atoms with E-state index in [2.05, 4.69) is 17.4 Å². The van der Waals surface area contributed by atoms with Gasteiger partial charge in [0.2, 0.25) is 0 Å². The van der Waals surface area contributed by atoms with Crippen molar-refractivity contribution in [3.63, 3.8) is 0 Å². The molecule has 1 aliphatic heterocycles. The van der Waals surface area contributed by atoms with Gasteiger partial charge in [-0.3, -0.25) is 0 Å². The number of carboxylic acid groups (broad SMARTS) is 1. The molecule has 0 saturated carbocycles. The molecular formula is C19H21ClN2O2. The first kappa shape index (κ1) is 16.7. The predicted octanol–water partition coefficient (Wildman–Crippen LogP) is 4.22. The van der Waals surface area contributed by atoms with Gasteiger partial charge in [-0.2, -0.15) is 0 Å². The molecule has 1 amide bonds. The molecule has 5 heteroatoms. The van der Waals surface area contributed by atoms with Crippen molar-refractivity contribution in [2.24, 2.45) is 11.8 Å². The molecule has 1 fully saturated rings. The lowest BCUT2D eigenvalue weighted by atomic mass is 9.89. The van der Waals surface area contributed by atoms with Gasteiger partial charge < -0.3 is 15.3 Å². The summed E-state index contributed by atoms with van der Waals surface area (Å²) in [5, 5.41) is 13.4. The quantitative estimate of drug-likeness (QED) is 0.853. The van der Waals surface area contributed by atoms with E-state index >= 15 is 0 Å². The van der Waals surface area contributed by atoms with Crippen LogP contribution in [0.1, 0.15) is 5.56 Å². The second-order valence-corrected chi connectivity index (χ2v) is 6.72. The number of likely N-dealkylation sites (tertiary alicyclic amines) is 1. The molecule has 0 spiro atoms. The lowest BCUT2D eigenvalue weighted by Crippen LogP contribution is -2.27. The Hall–Kier alpha value is -2.20. The molecule has 0 unspecified atom stereocenters.